The fraction of sp³-hybridized carbons (Fsp3) is 0.421. The van der Waals surface area contributed by atoms with Gasteiger partial charge in [-0.25, -0.2) is 4.98 Å². The van der Waals surface area contributed by atoms with Crippen LogP contribution in [0.5, 0.6) is 17.4 Å². The number of aromatic nitrogens is 2. The maximum atomic E-state index is 12.1. The Kier molecular flexibility index (Phi) is 6.24. The molecule has 0 atom stereocenters. The number of hydrogen-bond donors (Lipinski definition) is 1. The van der Waals surface area contributed by atoms with Crippen LogP contribution in [0.2, 0.25) is 0 Å². The Morgan fingerprint density at radius 1 is 1.12 bits per heavy atom. The Hall–Kier alpha value is -2.83. The number of amides is 1. The molecule has 138 valence electrons. The van der Waals surface area contributed by atoms with Gasteiger partial charge >= 0.3 is 0 Å². The van der Waals surface area contributed by atoms with E-state index in [0.29, 0.717) is 11.6 Å². The van der Waals surface area contributed by atoms with Crippen molar-refractivity contribution in [1.82, 2.24) is 15.3 Å². The number of ether oxygens (including phenoxy) is 3. The molecule has 7 nitrogen and oxygen atoms in total. The van der Waals surface area contributed by atoms with Gasteiger partial charge in [-0.1, -0.05) is 0 Å². The summed E-state index contributed by atoms with van der Waals surface area (Å²) in [5.41, 5.74) is 0. The Bertz CT molecular complexity index is 686. The summed E-state index contributed by atoms with van der Waals surface area (Å²) >= 11 is 0. The third-order valence-corrected chi connectivity index (χ3v) is 4.30. The van der Waals surface area contributed by atoms with Gasteiger partial charge < -0.3 is 19.5 Å². The molecule has 0 radical (unpaired) electrons. The van der Waals surface area contributed by atoms with Gasteiger partial charge in [-0.3, -0.25) is 9.78 Å². The molecule has 1 N–H and O–H groups in total. The largest absolute Gasteiger partial charge is 0.497 e. The molecule has 1 aromatic heterocycles. The van der Waals surface area contributed by atoms with Crippen molar-refractivity contribution in [2.75, 3.05) is 13.7 Å². The number of carbonyl (C=O) groups is 1. The number of hydrogen-bond acceptors (Lipinski definition) is 6. The molecule has 0 aliphatic heterocycles. The summed E-state index contributed by atoms with van der Waals surface area (Å²) in [6.45, 7) is 0.00234. The number of nitrogens with one attached hydrogen (secondary N) is 1. The van der Waals surface area contributed by atoms with E-state index in [-0.39, 0.29) is 24.7 Å². The molecule has 1 saturated carbocycles. The first-order chi connectivity index (χ1) is 12.7. The van der Waals surface area contributed by atoms with Gasteiger partial charge in [-0.05, 0) is 49.9 Å². The molecular formula is C19H23N3O4. The fourth-order valence-electron chi connectivity index (χ4n) is 2.93. The van der Waals surface area contributed by atoms with E-state index in [9.17, 15) is 4.79 Å². The minimum absolute atomic E-state index is 0.00234. The van der Waals surface area contributed by atoms with Crippen molar-refractivity contribution in [2.24, 2.45) is 0 Å². The lowest BCUT2D eigenvalue weighted by molar-refractivity contribution is -0.124. The molecule has 1 aliphatic rings. The van der Waals surface area contributed by atoms with Crippen LogP contribution in [0.25, 0.3) is 0 Å². The highest BCUT2D eigenvalue weighted by Crippen LogP contribution is 2.22. The molecule has 2 aromatic rings. The van der Waals surface area contributed by atoms with E-state index in [0.717, 1.165) is 31.4 Å². The summed E-state index contributed by atoms with van der Waals surface area (Å²) < 4.78 is 16.4. The van der Waals surface area contributed by atoms with Crippen molar-refractivity contribution in [3.8, 4) is 17.4 Å². The van der Waals surface area contributed by atoms with Crippen molar-refractivity contribution in [3.63, 3.8) is 0 Å². The summed E-state index contributed by atoms with van der Waals surface area (Å²) in [7, 11) is 1.61. The van der Waals surface area contributed by atoms with E-state index in [4.69, 9.17) is 14.2 Å². The quantitative estimate of drug-likeness (QED) is 0.819. The highest BCUT2D eigenvalue weighted by atomic mass is 16.5. The highest BCUT2D eigenvalue weighted by Gasteiger charge is 2.24. The van der Waals surface area contributed by atoms with Crippen LogP contribution < -0.4 is 19.5 Å². The Morgan fingerprint density at radius 3 is 2.50 bits per heavy atom. The van der Waals surface area contributed by atoms with Crippen molar-refractivity contribution >= 4 is 5.91 Å². The molecular weight excluding hydrogens is 334 g/mol. The number of rotatable bonds is 7. The summed E-state index contributed by atoms with van der Waals surface area (Å²) in [6, 6.07) is 7.31. The zero-order valence-corrected chi connectivity index (χ0v) is 14.8. The first kappa shape index (κ1) is 18.0. The van der Waals surface area contributed by atoms with E-state index in [1.807, 2.05) is 0 Å². The van der Waals surface area contributed by atoms with Gasteiger partial charge in [0.15, 0.2) is 6.61 Å². The molecule has 1 aliphatic carbocycles. The predicted octanol–water partition coefficient (Wildman–Crippen LogP) is 2.37. The maximum Gasteiger partial charge on any atom is 0.258 e. The average molecular weight is 357 g/mol. The van der Waals surface area contributed by atoms with Gasteiger partial charge in [0.05, 0.1) is 13.3 Å². The van der Waals surface area contributed by atoms with Crippen LogP contribution in [0.4, 0.5) is 0 Å². The van der Waals surface area contributed by atoms with Crippen LogP contribution in [0, 0.1) is 0 Å². The third kappa shape index (κ3) is 5.34. The lowest BCUT2D eigenvalue weighted by Gasteiger charge is -2.29. The SMILES string of the molecule is COc1ccc(OCC(=O)NC2CCC(Oc3cnccn3)CC2)cc1. The molecule has 26 heavy (non-hydrogen) atoms. The van der Waals surface area contributed by atoms with Gasteiger partial charge in [0.1, 0.15) is 17.6 Å². The van der Waals surface area contributed by atoms with Gasteiger partial charge in [0.25, 0.3) is 5.91 Å². The van der Waals surface area contributed by atoms with Gasteiger partial charge in [-0.2, -0.15) is 0 Å². The summed E-state index contributed by atoms with van der Waals surface area (Å²) in [6.07, 6.45) is 8.47. The number of benzene rings is 1. The summed E-state index contributed by atoms with van der Waals surface area (Å²) in [4.78, 5) is 20.2. The van der Waals surface area contributed by atoms with Crippen LogP contribution in [0.1, 0.15) is 25.7 Å². The molecule has 1 heterocycles. The van der Waals surface area contributed by atoms with E-state index in [2.05, 4.69) is 15.3 Å². The minimum atomic E-state index is -0.112. The van der Waals surface area contributed by atoms with E-state index >= 15 is 0 Å². The lowest BCUT2D eigenvalue weighted by Crippen LogP contribution is -2.41. The minimum Gasteiger partial charge on any atom is -0.497 e. The normalized spacial score (nSPS) is 19.4. The van der Waals surface area contributed by atoms with Crippen molar-refractivity contribution in [3.05, 3.63) is 42.9 Å². The number of carbonyl (C=O) groups excluding carboxylic acids is 1. The average Bonchev–Trinajstić information content (AvgIpc) is 2.69. The molecule has 1 amide bonds. The van der Waals surface area contributed by atoms with Crippen molar-refractivity contribution in [2.45, 2.75) is 37.8 Å². The lowest BCUT2D eigenvalue weighted by atomic mass is 9.93. The standard InChI is InChI=1S/C19H23N3O4/c1-24-15-6-8-16(9-7-15)25-13-18(23)22-14-2-4-17(5-3-14)26-19-12-20-10-11-21-19/h6-12,14,17H,2-5,13H2,1H3,(H,22,23). The number of methoxy groups -OCH3 is 1. The molecule has 0 saturated heterocycles. The first-order valence-electron chi connectivity index (χ1n) is 8.72. The van der Waals surface area contributed by atoms with Crippen LogP contribution >= 0.6 is 0 Å². The number of nitrogens with zero attached hydrogens (tertiary/aromatic N) is 2. The second kappa shape index (κ2) is 9.03. The summed E-state index contributed by atoms with van der Waals surface area (Å²) in [5, 5.41) is 3.02. The van der Waals surface area contributed by atoms with Gasteiger partial charge in [0.2, 0.25) is 5.88 Å². The molecule has 0 bridgehead atoms. The van der Waals surface area contributed by atoms with E-state index in [1.165, 1.54) is 0 Å². The van der Waals surface area contributed by atoms with Crippen LogP contribution in [0.3, 0.4) is 0 Å². The molecule has 0 unspecified atom stereocenters. The third-order valence-electron chi connectivity index (χ3n) is 4.30. The van der Waals surface area contributed by atoms with Crippen LogP contribution in [0.15, 0.2) is 42.9 Å². The summed E-state index contributed by atoms with van der Waals surface area (Å²) in [5.74, 6) is 1.83. The fourth-order valence-corrected chi connectivity index (χ4v) is 2.93. The van der Waals surface area contributed by atoms with Gasteiger partial charge in [-0.15, -0.1) is 0 Å². The Morgan fingerprint density at radius 2 is 1.85 bits per heavy atom. The van der Waals surface area contributed by atoms with Crippen LogP contribution in [-0.2, 0) is 4.79 Å². The maximum absolute atomic E-state index is 12.1. The Labute approximate surface area is 152 Å². The van der Waals surface area contributed by atoms with Crippen molar-refractivity contribution < 1.29 is 19.0 Å². The van der Waals surface area contributed by atoms with E-state index < -0.39 is 0 Å². The van der Waals surface area contributed by atoms with Gasteiger partial charge in [0, 0.05) is 18.4 Å². The molecule has 7 heteroatoms. The monoisotopic (exact) mass is 357 g/mol. The van der Waals surface area contributed by atoms with Crippen molar-refractivity contribution in [1.29, 1.82) is 0 Å². The topological polar surface area (TPSA) is 82.6 Å². The van der Waals surface area contributed by atoms with E-state index in [1.54, 1.807) is 50.0 Å². The zero-order chi connectivity index (χ0) is 18.2. The molecule has 1 aromatic carbocycles. The first-order valence-corrected chi connectivity index (χ1v) is 8.72. The molecule has 1 fully saturated rings. The molecule has 3 rings (SSSR count). The van der Waals surface area contributed by atoms with Crippen LogP contribution in [-0.4, -0.2) is 41.7 Å². The Balaban J connectivity index is 1.36. The smallest absolute Gasteiger partial charge is 0.258 e. The predicted molar refractivity (Wildman–Crippen MR) is 95.3 cm³/mol. The zero-order valence-electron chi connectivity index (χ0n) is 14.8. The second-order valence-corrected chi connectivity index (χ2v) is 6.17. The molecule has 0 spiro atoms. The highest BCUT2D eigenvalue weighted by molar-refractivity contribution is 5.77. The second-order valence-electron chi connectivity index (χ2n) is 6.17.